The molecule has 0 heterocycles. The van der Waals surface area contributed by atoms with Crippen molar-refractivity contribution in [2.24, 2.45) is 0 Å². The highest BCUT2D eigenvalue weighted by atomic mass is 79.9. The zero-order valence-electron chi connectivity index (χ0n) is 11.9. The number of carbonyl (C=O) groups excluding carboxylic acids is 1. The van der Waals surface area contributed by atoms with Crippen LogP contribution in [-0.2, 0) is 5.41 Å². The fourth-order valence-electron chi connectivity index (χ4n) is 1.57. The molecule has 0 radical (unpaired) electrons. The highest BCUT2D eigenvalue weighted by Crippen LogP contribution is 2.22. The van der Waals surface area contributed by atoms with E-state index < -0.39 is 0 Å². The van der Waals surface area contributed by atoms with Crippen molar-refractivity contribution < 1.29 is 4.79 Å². The largest absolute Gasteiger partial charge is 0.345 e. The SMILES string of the molecule is CC(CBr)(CBr)NC(=O)c1ccc(C(C)(C)C)cc1. The van der Waals surface area contributed by atoms with Crippen LogP contribution in [0.25, 0.3) is 0 Å². The maximum absolute atomic E-state index is 12.2. The number of alkyl halides is 2. The van der Waals surface area contributed by atoms with Gasteiger partial charge in [-0.3, -0.25) is 4.79 Å². The lowest BCUT2D eigenvalue weighted by Gasteiger charge is -2.26. The maximum atomic E-state index is 12.2. The van der Waals surface area contributed by atoms with E-state index in [9.17, 15) is 4.79 Å². The lowest BCUT2D eigenvalue weighted by atomic mass is 9.86. The Morgan fingerprint density at radius 1 is 1.05 bits per heavy atom. The normalized spacial score (nSPS) is 12.3. The fraction of sp³-hybridized carbons (Fsp3) is 0.533. The van der Waals surface area contributed by atoms with Gasteiger partial charge in [-0.05, 0) is 30.0 Å². The van der Waals surface area contributed by atoms with Gasteiger partial charge in [0, 0.05) is 16.2 Å². The summed E-state index contributed by atoms with van der Waals surface area (Å²) in [6.07, 6.45) is 0. The molecule has 0 bridgehead atoms. The second-order valence-corrected chi connectivity index (χ2v) is 7.23. The third kappa shape index (κ3) is 4.60. The minimum atomic E-state index is -0.278. The zero-order chi connectivity index (χ0) is 14.7. The molecule has 1 amide bonds. The van der Waals surface area contributed by atoms with Crippen LogP contribution in [0.3, 0.4) is 0 Å². The second kappa shape index (κ2) is 6.40. The van der Waals surface area contributed by atoms with Gasteiger partial charge in [0.2, 0.25) is 0 Å². The minimum absolute atomic E-state index is 0.0399. The Labute approximate surface area is 132 Å². The van der Waals surface area contributed by atoms with Gasteiger partial charge >= 0.3 is 0 Å². The van der Waals surface area contributed by atoms with Crippen molar-refractivity contribution in [3.63, 3.8) is 0 Å². The van der Waals surface area contributed by atoms with Crippen molar-refractivity contribution >= 4 is 37.8 Å². The first-order valence-electron chi connectivity index (χ1n) is 6.27. The second-order valence-electron chi connectivity index (χ2n) is 6.11. The van der Waals surface area contributed by atoms with Crippen LogP contribution in [0, 0.1) is 0 Å². The molecule has 0 aliphatic carbocycles. The van der Waals surface area contributed by atoms with Gasteiger partial charge in [-0.1, -0.05) is 64.8 Å². The maximum Gasteiger partial charge on any atom is 0.251 e. The van der Waals surface area contributed by atoms with Crippen molar-refractivity contribution in [2.75, 3.05) is 10.7 Å². The highest BCUT2D eigenvalue weighted by molar-refractivity contribution is 9.09. The number of carbonyl (C=O) groups is 1. The van der Waals surface area contributed by atoms with E-state index in [0.29, 0.717) is 16.2 Å². The molecule has 4 heteroatoms. The first kappa shape index (κ1) is 16.7. The molecule has 0 saturated heterocycles. The lowest BCUT2D eigenvalue weighted by molar-refractivity contribution is 0.0923. The third-order valence-corrected chi connectivity index (χ3v) is 5.49. The monoisotopic (exact) mass is 389 g/mol. The van der Waals surface area contributed by atoms with Crippen LogP contribution in [0.2, 0.25) is 0 Å². The summed E-state index contributed by atoms with van der Waals surface area (Å²) in [5, 5.41) is 4.45. The molecule has 0 saturated carbocycles. The Bertz CT molecular complexity index is 430. The van der Waals surface area contributed by atoms with E-state index in [-0.39, 0.29) is 16.9 Å². The number of halogens is 2. The van der Waals surface area contributed by atoms with Crippen LogP contribution in [0.1, 0.15) is 43.6 Å². The summed E-state index contributed by atoms with van der Waals surface area (Å²) in [6.45, 7) is 8.48. The molecule has 0 aliphatic rings. The molecule has 0 atom stereocenters. The summed E-state index contributed by atoms with van der Waals surface area (Å²) >= 11 is 6.85. The molecule has 0 aromatic heterocycles. The van der Waals surface area contributed by atoms with E-state index in [1.54, 1.807) is 0 Å². The van der Waals surface area contributed by atoms with Crippen molar-refractivity contribution in [3.05, 3.63) is 35.4 Å². The highest BCUT2D eigenvalue weighted by Gasteiger charge is 2.24. The Kier molecular flexibility index (Phi) is 5.63. The number of amides is 1. The topological polar surface area (TPSA) is 29.1 Å². The van der Waals surface area contributed by atoms with E-state index in [1.807, 2.05) is 31.2 Å². The average molecular weight is 391 g/mol. The van der Waals surface area contributed by atoms with Gasteiger partial charge in [-0.25, -0.2) is 0 Å². The predicted octanol–water partition coefficient (Wildman–Crippen LogP) is 4.26. The molecule has 0 fully saturated rings. The first-order valence-corrected chi connectivity index (χ1v) is 8.51. The molecule has 19 heavy (non-hydrogen) atoms. The van der Waals surface area contributed by atoms with Crippen molar-refractivity contribution in [2.45, 2.75) is 38.6 Å². The molecule has 106 valence electrons. The van der Waals surface area contributed by atoms with Gasteiger partial charge in [-0.2, -0.15) is 0 Å². The molecule has 2 nitrogen and oxygen atoms in total. The Morgan fingerprint density at radius 3 is 1.89 bits per heavy atom. The predicted molar refractivity (Wildman–Crippen MR) is 88.6 cm³/mol. The molecule has 0 spiro atoms. The summed E-state index contributed by atoms with van der Waals surface area (Å²) in [4.78, 5) is 12.2. The molecular weight excluding hydrogens is 370 g/mol. The van der Waals surface area contributed by atoms with Crippen LogP contribution in [0.4, 0.5) is 0 Å². The fourth-order valence-corrected chi connectivity index (χ4v) is 2.78. The summed E-state index contributed by atoms with van der Waals surface area (Å²) < 4.78 is 0. The Morgan fingerprint density at radius 2 is 1.53 bits per heavy atom. The molecule has 1 aromatic carbocycles. The van der Waals surface area contributed by atoms with Crippen LogP contribution < -0.4 is 5.32 Å². The minimum Gasteiger partial charge on any atom is -0.345 e. The van der Waals surface area contributed by atoms with E-state index >= 15 is 0 Å². The van der Waals surface area contributed by atoms with Gasteiger partial charge in [0.25, 0.3) is 5.91 Å². The van der Waals surface area contributed by atoms with E-state index in [2.05, 4.69) is 57.9 Å². The first-order chi connectivity index (χ1) is 8.72. The van der Waals surface area contributed by atoms with E-state index in [0.717, 1.165) is 0 Å². The number of benzene rings is 1. The van der Waals surface area contributed by atoms with Gasteiger partial charge in [-0.15, -0.1) is 0 Å². The quantitative estimate of drug-likeness (QED) is 0.764. The molecule has 1 rings (SSSR count). The Hall–Kier alpha value is -0.350. The van der Waals surface area contributed by atoms with E-state index in [4.69, 9.17) is 0 Å². The summed E-state index contributed by atoms with van der Waals surface area (Å²) in [5.41, 5.74) is 1.75. The molecule has 1 aromatic rings. The molecule has 0 aliphatic heterocycles. The van der Waals surface area contributed by atoms with Crippen LogP contribution in [0.15, 0.2) is 24.3 Å². The smallest absolute Gasteiger partial charge is 0.251 e. The van der Waals surface area contributed by atoms with Crippen molar-refractivity contribution in [1.29, 1.82) is 0 Å². The summed E-state index contributed by atoms with van der Waals surface area (Å²) in [6, 6.07) is 7.82. The van der Waals surface area contributed by atoms with Crippen LogP contribution >= 0.6 is 31.9 Å². The standard InChI is InChI=1S/C15H21Br2NO/c1-14(2,3)12-7-5-11(6-8-12)13(19)18-15(4,9-16)10-17/h5-8H,9-10H2,1-4H3,(H,18,19). The number of hydrogen-bond acceptors (Lipinski definition) is 1. The van der Waals surface area contributed by atoms with E-state index in [1.165, 1.54) is 5.56 Å². The Balaban J connectivity index is 2.85. The van der Waals surface area contributed by atoms with Crippen LogP contribution in [-0.4, -0.2) is 22.1 Å². The summed E-state index contributed by atoms with van der Waals surface area (Å²) in [7, 11) is 0. The molecular formula is C15H21Br2NO. The van der Waals surface area contributed by atoms with Crippen LogP contribution in [0.5, 0.6) is 0 Å². The number of hydrogen-bond donors (Lipinski definition) is 1. The van der Waals surface area contributed by atoms with Gasteiger partial charge in [0.1, 0.15) is 0 Å². The van der Waals surface area contributed by atoms with Crippen molar-refractivity contribution in [1.82, 2.24) is 5.32 Å². The van der Waals surface area contributed by atoms with Crippen molar-refractivity contribution in [3.8, 4) is 0 Å². The number of nitrogens with one attached hydrogen (secondary N) is 1. The zero-order valence-corrected chi connectivity index (χ0v) is 15.1. The van der Waals surface area contributed by atoms with Gasteiger partial charge in [0.15, 0.2) is 0 Å². The van der Waals surface area contributed by atoms with Gasteiger partial charge < -0.3 is 5.32 Å². The summed E-state index contributed by atoms with van der Waals surface area (Å²) in [5.74, 6) is -0.0399. The lowest BCUT2D eigenvalue weighted by Crippen LogP contribution is -2.48. The molecule has 1 N–H and O–H groups in total. The molecule has 0 unspecified atom stereocenters. The third-order valence-electron chi connectivity index (χ3n) is 3.02. The number of rotatable bonds is 4. The van der Waals surface area contributed by atoms with Gasteiger partial charge in [0.05, 0.1) is 5.54 Å². The average Bonchev–Trinajstić information content (AvgIpc) is 2.37.